The van der Waals surface area contributed by atoms with Crippen molar-refractivity contribution in [3.63, 3.8) is 0 Å². The van der Waals surface area contributed by atoms with Gasteiger partial charge in [-0.3, -0.25) is 4.79 Å². The van der Waals surface area contributed by atoms with Crippen molar-refractivity contribution >= 4 is 5.91 Å². The highest BCUT2D eigenvalue weighted by Crippen LogP contribution is 2.21. The Morgan fingerprint density at radius 2 is 1.67 bits per heavy atom. The van der Waals surface area contributed by atoms with Crippen LogP contribution in [0, 0.1) is 0 Å². The molecule has 0 saturated carbocycles. The number of carbonyl (C=O) groups is 1. The maximum Gasteiger partial charge on any atom is 0.248 e. The fourth-order valence-electron chi connectivity index (χ4n) is 2.88. The Morgan fingerprint density at radius 3 is 2.19 bits per heavy atom. The number of rotatable bonds is 4. The molecule has 3 N–H and O–H groups in total. The zero-order chi connectivity index (χ0) is 14.7. The average Bonchev–Trinajstić information content (AvgIpc) is 3.01. The second-order valence-electron chi connectivity index (χ2n) is 5.64. The maximum atomic E-state index is 11.1. The molecule has 3 rings (SSSR count). The Labute approximate surface area is 125 Å². The van der Waals surface area contributed by atoms with Crippen molar-refractivity contribution in [3.8, 4) is 11.1 Å². The molecule has 1 fully saturated rings. The van der Waals surface area contributed by atoms with Gasteiger partial charge in [0.1, 0.15) is 0 Å². The summed E-state index contributed by atoms with van der Waals surface area (Å²) >= 11 is 0. The number of benzene rings is 2. The first-order valence-corrected chi connectivity index (χ1v) is 7.45. The smallest absolute Gasteiger partial charge is 0.248 e. The fraction of sp³-hybridized carbons (Fsp3) is 0.278. The minimum atomic E-state index is -0.388. The van der Waals surface area contributed by atoms with Gasteiger partial charge < -0.3 is 11.1 Å². The van der Waals surface area contributed by atoms with E-state index in [9.17, 15) is 4.79 Å². The van der Waals surface area contributed by atoms with E-state index in [1.54, 1.807) is 12.1 Å². The SMILES string of the molecule is NC(=O)c1ccc(-c2ccc(CC3CCCN3)cc2)cc1. The molecular formula is C18H20N2O. The summed E-state index contributed by atoms with van der Waals surface area (Å²) in [5.41, 5.74) is 9.43. The van der Waals surface area contributed by atoms with Gasteiger partial charge in [0.25, 0.3) is 0 Å². The lowest BCUT2D eigenvalue weighted by Crippen LogP contribution is -2.23. The summed E-state index contributed by atoms with van der Waals surface area (Å²) in [4.78, 5) is 11.1. The molecule has 1 amide bonds. The molecule has 0 bridgehead atoms. The minimum Gasteiger partial charge on any atom is -0.366 e. The topological polar surface area (TPSA) is 55.1 Å². The van der Waals surface area contributed by atoms with Crippen LogP contribution in [0.15, 0.2) is 48.5 Å². The summed E-state index contributed by atoms with van der Waals surface area (Å²) in [7, 11) is 0. The lowest BCUT2D eigenvalue weighted by molar-refractivity contribution is 0.100. The molecule has 0 spiro atoms. The molecule has 0 aromatic heterocycles. The molecule has 2 aromatic rings. The van der Waals surface area contributed by atoms with Crippen LogP contribution in [0.1, 0.15) is 28.8 Å². The highest BCUT2D eigenvalue weighted by Gasteiger charge is 2.14. The molecule has 2 aromatic carbocycles. The van der Waals surface area contributed by atoms with E-state index in [1.807, 2.05) is 12.1 Å². The van der Waals surface area contributed by atoms with Gasteiger partial charge in [0.05, 0.1) is 0 Å². The molecule has 1 heterocycles. The summed E-state index contributed by atoms with van der Waals surface area (Å²) < 4.78 is 0. The van der Waals surface area contributed by atoms with Crippen LogP contribution in [0.5, 0.6) is 0 Å². The van der Waals surface area contributed by atoms with Crippen molar-refractivity contribution in [3.05, 3.63) is 59.7 Å². The zero-order valence-electron chi connectivity index (χ0n) is 12.0. The highest BCUT2D eigenvalue weighted by atomic mass is 16.1. The molecule has 1 aliphatic heterocycles. The van der Waals surface area contributed by atoms with E-state index in [0.717, 1.165) is 24.1 Å². The number of carbonyl (C=O) groups excluding carboxylic acids is 1. The first-order chi connectivity index (χ1) is 10.2. The van der Waals surface area contributed by atoms with Gasteiger partial charge in [-0.15, -0.1) is 0 Å². The zero-order valence-corrected chi connectivity index (χ0v) is 12.0. The number of hydrogen-bond donors (Lipinski definition) is 2. The minimum absolute atomic E-state index is 0.388. The van der Waals surface area contributed by atoms with Crippen LogP contribution in [-0.4, -0.2) is 18.5 Å². The Kier molecular flexibility index (Phi) is 4.02. The van der Waals surface area contributed by atoms with Gasteiger partial charge in [-0.05, 0) is 54.6 Å². The number of nitrogens with two attached hydrogens (primary N) is 1. The van der Waals surface area contributed by atoms with Crippen molar-refractivity contribution in [2.45, 2.75) is 25.3 Å². The molecule has 1 atom stereocenters. The quantitative estimate of drug-likeness (QED) is 0.904. The molecule has 1 aliphatic rings. The monoisotopic (exact) mass is 280 g/mol. The van der Waals surface area contributed by atoms with Crippen LogP contribution in [0.25, 0.3) is 11.1 Å². The summed E-state index contributed by atoms with van der Waals surface area (Å²) in [6.45, 7) is 1.15. The van der Waals surface area contributed by atoms with Crippen LogP contribution in [-0.2, 0) is 6.42 Å². The Hall–Kier alpha value is -2.13. The van der Waals surface area contributed by atoms with Crippen molar-refractivity contribution in [1.29, 1.82) is 0 Å². The van der Waals surface area contributed by atoms with E-state index in [0.29, 0.717) is 11.6 Å². The largest absolute Gasteiger partial charge is 0.366 e. The Bertz CT molecular complexity index is 611. The maximum absolute atomic E-state index is 11.1. The van der Waals surface area contributed by atoms with Gasteiger partial charge in [-0.25, -0.2) is 0 Å². The lowest BCUT2D eigenvalue weighted by Gasteiger charge is -2.10. The third-order valence-electron chi connectivity index (χ3n) is 4.10. The van der Waals surface area contributed by atoms with Crippen molar-refractivity contribution in [2.24, 2.45) is 5.73 Å². The van der Waals surface area contributed by atoms with E-state index in [1.165, 1.54) is 18.4 Å². The Morgan fingerprint density at radius 1 is 1.05 bits per heavy atom. The Balaban J connectivity index is 1.72. The lowest BCUT2D eigenvalue weighted by atomic mass is 9.99. The standard InChI is InChI=1S/C18H20N2O/c19-18(21)16-9-7-15(8-10-16)14-5-3-13(4-6-14)12-17-2-1-11-20-17/h3-10,17,20H,1-2,11-12H2,(H2,19,21). The van der Waals surface area contributed by atoms with Crippen LogP contribution in [0.3, 0.4) is 0 Å². The number of primary amides is 1. The highest BCUT2D eigenvalue weighted by molar-refractivity contribution is 5.93. The molecule has 21 heavy (non-hydrogen) atoms. The van der Waals surface area contributed by atoms with Gasteiger partial charge in [-0.1, -0.05) is 36.4 Å². The van der Waals surface area contributed by atoms with Crippen LogP contribution in [0.2, 0.25) is 0 Å². The van der Waals surface area contributed by atoms with Gasteiger partial charge in [0.2, 0.25) is 5.91 Å². The van der Waals surface area contributed by atoms with Crippen molar-refractivity contribution in [2.75, 3.05) is 6.54 Å². The van der Waals surface area contributed by atoms with Crippen LogP contribution in [0.4, 0.5) is 0 Å². The molecule has 3 heteroatoms. The third-order valence-corrected chi connectivity index (χ3v) is 4.10. The summed E-state index contributed by atoms with van der Waals surface area (Å²) in [5, 5.41) is 3.52. The second kappa shape index (κ2) is 6.10. The van der Waals surface area contributed by atoms with E-state index < -0.39 is 0 Å². The predicted molar refractivity (Wildman–Crippen MR) is 85.1 cm³/mol. The van der Waals surface area contributed by atoms with E-state index in [-0.39, 0.29) is 5.91 Å². The van der Waals surface area contributed by atoms with Gasteiger partial charge in [0, 0.05) is 11.6 Å². The molecular weight excluding hydrogens is 260 g/mol. The molecule has 108 valence electrons. The second-order valence-corrected chi connectivity index (χ2v) is 5.64. The van der Waals surface area contributed by atoms with E-state index >= 15 is 0 Å². The predicted octanol–water partition coefficient (Wildman–Crippen LogP) is 2.75. The fourth-order valence-corrected chi connectivity index (χ4v) is 2.88. The molecule has 1 unspecified atom stereocenters. The van der Waals surface area contributed by atoms with E-state index in [4.69, 9.17) is 5.73 Å². The summed E-state index contributed by atoms with van der Waals surface area (Å²) in [6.07, 6.45) is 3.66. The molecule has 0 aliphatic carbocycles. The molecule has 0 radical (unpaired) electrons. The number of nitrogens with one attached hydrogen (secondary N) is 1. The van der Waals surface area contributed by atoms with Gasteiger partial charge in [-0.2, -0.15) is 0 Å². The normalized spacial score (nSPS) is 17.8. The van der Waals surface area contributed by atoms with Crippen molar-refractivity contribution in [1.82, 2.24) is 5.32 Å². The van der Waals surface area contributed by atoms with Crippen LogP contribution >= 0.6 is 0 Å². The summed E-state index contributed by atoms with van der Waals surface area (Å²) in [6, 6.07) is 16.7. The average molecular weight is 280 g/mol. The first kappa shape index (κ1) is 13.8. The van der Waals surface area contributed by atoms with Crippen LogP contribution < -0.4 is 11.1 Å². The molecule has 1 saturated heterocycles. The number of amides is 1. The van der Waals surface area contributed by atoms with Gasteiger partial charge >= 0.3 is 0 Å². The number of hydrogen-bond acceptors (Lipinski definition) is 2. The van der Waals surface area contributed by atoms with Gasteiger partial charge in [0.15, 0.2) is 0 Å². The molecule has 3 nitrogen and oxygen atoms in total. The summed E-state index contributed by atoms with van der Waals surface area (Å²) in [5.74, 6) is -0.388. The third kappa shape index (κ3) is 3.31. The van der Waals surface area contributed by atoms with Crippen molar-refractivity contribution < 1.29 is 4.79 Å². The first-order valence-electron chi connectivity index (χ1n) is 7.45. The van der Waals surface area contributed by atoms with E-state index in [2.05, 4.69) is 29.6 Å².